The van der Waals surface area contributed by atoms with Gasteiger partial charge in [-0.2, -0.15) is 4.98 Å². The van der Waals surface area contributed by atoms with E-state index in [0.717, 1.165) is 31.7 Å². The number of anilines is 1. The van der Waals surface area contributed by atoms with Crippen molar-refractivity contribution in [3.63, 3.8) is 0 Å². The summed E-state index contributed by atoms with van der Waals surface area (Å²) < 4.78 is 21.1. The first kappa shape index (κ1) is 32.6. The van der Waals surface area contributed by atoms with Gasteiger partial charge in [0, 0.05) is 64.1 Å². The van der Waals surface area contributed by atoms with Crippen LogP contribution >= 0.6 is 11.6 Å². The lowest BCUT2D eigenvalue weighted by Crippen LogP contribution is -2.52. The van der Waals surface area contributed by atoms with Crippen LogP contribution in [-0.4, -0.2) is 63.6 Å². The number of hydrogen-bond acceptors (Lipinski definition) is 8. The molecule has 1 aromatic carbocycles. The number of rotatable bonds is 8. The molecule has 0 spiro atoms. The highest BCUT2D eigenvalue weighted by atomic mass is 35.5. The molecule has 1 amide bonds. The molecule has 6 rings (SSSR count). The maximum Gasteiger partial charge on any atom is 0.407 e. The number of oxazole rings is 1. The molecule has 13 heteroatoms. The van der Waals surface area contributed by atoms with Gasteiger partial charge in [0.15, 0.2) is 17.1 Å². The summed E-state index contributed by atoms with van der Waals surface area (Å²) in [5.74, 6) is 1.15. The Labute approximate surface area is 275 Å². The first-order valence-electron chi connectivity index (χ1n) is 16.1. The minimum Gasteiger partial charge on any atom is -0.444 e. The maximum absolute atomic E-state index is 14.3. The number of hydrogen-bond donors (Lipinski definition) is 1. The third-order valence-electron chi connectivity index (χ3n) is 8.88. The quantitative estimate of drug-likeness (QED) is 0.160. The van der Waals surface area contributed by atoms with Gasteiger partial charge >= 0.3 is 6.09 Å². The van der Waals surface area contributed by atoms with E-state index in [1.165, 1.54) is 0 Å². The van der Waals surface area contributed by atoms with Gasteiger partial charge in [-0.15, -0.1) is 0 Å². The molecule has 2 atom stereocenters. The normalized spacial score (nSPS) is 20.2. The van der Waals surface area contributed by atoms with Crippen molar-refractivity contribution in [2.24, 2.45) is 7.05 Å². The van der Waals surface area contributed by atoms with Gasteiger partial charge in [0.05, 0.1) is 10.4 Å². The third kappa shape index (κ3) is 6.43. The fourth-order valence-electron chi connectivity index (χ4n) is 6.75. The summed E-state index contributed by atoms with van der Waals surface area (Å²) in [4.78, 5) is 38.7. The largest absolute Gasteiger partial charge is 0.444 e. The Kier molecular flexibility index (Phi) is 8.52. The average Bonchev–Trinajstić information content (AvgIpc) is 3.58. The Balaban J connectivity index is 1.38. The van der Waals surface area contributed by atoms with Gasteiger partial charge in [0.2, 0.25) is 5.95 Å². The molecule has 46 heavy (non-hydrogen) atoms. The highest BCUT2D eigenvalue weighted by molar-refractivity contribution is 6.76. The van der Waals surface area contributed by atoms with E-state index in [4.69, 9.17) is 30.5 Å². The minimum absolute atomic E-state index is 0.00336. The Hall–Kier alpha value is -3.35. The molecular formula is C33H45ClN6O5Si. The van der Waals surface area contributed by atoms with Crippen molar-refractivity contribution >= 4 is 53.8 Å². The molecule has 0 saturated carbocycles. The van der Waals surface area contributed by atoms with Crippen molar-refractivity contribution in [1.29, 1.82) is 0 Å². The maximum atomic E-state index is 14.3. The van der Waals surface area contributed by atoms with Gasteiger partial charge in [-0.25, -0.2) is 9.78 Å². The van der Waals surface area contributed by atoms with Crippen molar-refractivity contribution in [2.45, 2.75) is 110 Å². The van der Waals surface area contributed by atoms with E-state index in [1.54, 1.807) is 18.5 Å². The fourth-order valence-corrected chi connectivity index (χ4v) is 7.81. The summed E-state index contributed by atoms with van der Waals surface area (Å²) in [5.41, 5.74) is 2.35. The summed E-state index contributed by atoms with van der Waals surface area (Å²) in [6.45, 7) is 15.2. The monoisotopic (exact) mass is 668 g/mol. The lowest BCUT2D eigenvalue weighted by molar-refractivity contribution is 0.0492. The van der Waals surface area contributed by atoms with Gasteiger partial charge < -0.3 is 28.7 Å². The first-order valence-corrected chi connectivity index (χ1v) is 20.2. The lowest BCUT2D eigenvalue weighted by Gasteiger charge is -2.40. The van der Waals surface area contributed by atoms with E-state index in [0.29, 0.717) is 56.7 Å². The molecular weight excluding hydrogens is 624 g/mol. The van der Waals surface area contributed by atoms with Crippen molar-refractivity contribution in [2.75, 3.05) is 11.5 Å². The number of halogens is 1. The van der Waals surface area contributed by atoms with E-state index in [1.807, 2.05) is 43.7 Å². The van der Waals surface area contributed by atoms with E-state index in [-0.39, 0.29) is 30.4 Å². The number of carbonyl (C=O) groups is 1. The highest BCUT2D eigenvalue weighted by Crippen LogP contribution is 2.41. The van der Waals surface area contributed by atoms with Gasteiger partial charge in [0.1, 0.15) is 17.8 Å². The van der Waals surface area contributed by atoms with E-state index < -0.39 is 19.8 Å². The standard InChI is InChI=1S/C33H45ClN6O5Si/c1-19-35-25-12-11-23(27(34)28(25)44-19)24-17-39(18-43-13-14-46(6,7)8)29-26(24)30(41)38(5)31(37-29)40-21-9-10-22(40)16-20(15-21)36-32(42)45-33(2,3)4/h11-12,17,20-22H,9-10,13-16,18H2,1-8H3,(H,36,42). The van der Waals surface area contributed by atoms with E-state index in [9.17, 15) is 9.59 Å². The number of aryl methyl sites for hydroxylation is 1. The number of carbonyl (C=O) groups excluding carboxylic acids is 1. The van der Waals surface area contributed by atoms with Crippen LogP contribution in [-0.2, 0) is 23.3 Å². The summed E-state index contributed by atoms with van der Waals surface area (Å²) >= 11 is 6.91. The van der Waals surface area contributed by atoms with Crippen LogP contribution < -0.4 is 15.8 Å². The van der Waals surface area contributed by atoms with Gasteiger partial charge in [0.25, 0.3) is 5.56 Å². The Bertz CT molecular complexity index is 1840. The van der Waals surface area contributed by atoms with Crippen molar-refractivity contribution < 1.29 is 18.7 Å². The molecule has 2 unspecified atom stereocenters. The van der Waals surface area contributed by atoms with Gasteiger partial charge in [-0.3, -0.25) is 9.36 Å². The van der Waals surface area contributed by atoms with Crippen LogP contribution in [0, 0.1) is 6.92 Å². The summed E-state index contributed by atoms with van der Waals surface area (Å²) in [7, 11) is 0.492. The number of aromatic nitrogens is 4. The molecule has 11 nitrogen and oxygen atoms in total. The number of nitrogens with one attached hydrogen (secondary N) is 1. The van der Waals surface area contributed by atoms with Crippen molar-refractivity contribution in [1.82, 2.24) is 24.4 Å². The zero-order chi connectivity index (χ0) is 33.1. The zero-order valence-corrected chi connectivity index (χ0v) is 29.8. The number of amides is 1. The third-order valence-corrected chi connectivity index (χ3v) is 11.0. The Morgan fingerprint density at radius 2 is 1.83 bits per heavy atom. The summed E-state index contributed by atoms with van der Waals surface area (Å²) in [6, 6.07) is 5.04. The highest BCUT2D eigenvalue weighted by Gasteiger charge is 2.43. The minimum atomic E-state index is -1.29. The molecule has 3 aromatic heterocycles. The number of alkyl carbamates (subject to hydrolysis) is 1. The molecule has 248 valence electrons. The molecule has 5 heterocycles. The van der Waals surface area contributed by atoms with Crippen LogP contribution in [0.4, 0.5) is 10.7 Å². The second-order valence-electron chi connectivity index (χ2n) is 15.0. The van der Waals surface area contributed by atoms with Crippen molar-refractivity contribution in [3.05, 3.63) is 39.6 Å². The van der Waals surface area contributed by atoms with Crippen LogP contribution in [0.5, 0.6) is 0 Å². The van der Waals surface area contributed by atoms with Crippen LogP contribution in [0.25, 0.3) is 33.3 Å². The van der Waals surface area contributed by atoms with Crippen LogP contribution in [0.3, 0.4) is 0 Å². The molecule has 0 aliphatic carbocycles. The smallest absolute Gasteiger partial charge is 0.407 e. The number of benzene rings is 1. The topological polar surface area (TPSA) is 117 Å². The Morgan fingerprint density at radius 1 is 1.13 bits per heavy atom. The molecule has 2 saturated heterocycles. The molecule has 2 fully saturated rings. The summed E-state index contributed by atoms with van der Waals surface area (Å²) in [6.07, 6.45) is 4.95. The fraction of sp³-hybridized carbons (Fsp3) is 0.576. The van der Waals surface area contributed by atoms with Crippen molar-refractivity contribution in [3.8, 4) is 11.1 Å². The number of nitrogens with zero attached hydrogens (tertiary/aromatic N) is 5. The average molecular weight is 669 g/mol. The Morgan fingerprint density at radius 3 is 2.48 bits per heavy atom. The van der Waals surface area contributed by atoms with Gasteiger partial charge in [-0.1, -0.05) is 37.3 Å². The first-order chi connectivity index (χ1) is 21.6. The van der Waals surface area contributed by atoms with Crippen LogP contribution in [0.1, 0.15) is 52.3 Å². The molecule has 4 aromatic rings. The lowest BCUT2D eigenvalue weighted by atomic mass is 9.98. The number of fused-ring (bicyclic) bond motifs is 4. The second kappa shape index (κ2) is 12.0. The van der Waals surface area contributed by atoms with E-state index in [2.05, 4.69) is 34.8 Å². The van der Waals surface area contributed by atoms with Gasteiger partial charge in [-0.05, 0) is 58.6 Å². The predicted molar refractivity (Wildman–Crippen MR) is 184 cm³/mol. The molecule has 1 N–H and O–H groups in total. The molecule has 2 aliphatic rings. The number of piperidine rings is 1. The van der Waals surface area contributed by atoms with E-state index >= 15 is 0 Å². The SMILES string of the molecule is Cc1nc2ccc(-c3cn(COCC[Si](C)(C)C)c4nc(N5C6CCC5CC(NC(=O)OC(C)(C)C)C6)n(C)c(=O)c34)c(Cl)c2o1. The predicted octanol–water partition coefficient (Wildman–Crippen LogP) is 6.84. The summed E-state index contributed by atoms with van der Waals surface area (Å²) in [5, 5.41) is 3.96. The molecule has 0 radical (unpaired) electrons. The molecule has 2 aliphatic heterocycles. The second-order valence-corrected chi connectivity index (χ2v) is 20.9. The van der Waals surface area contributed by atoms with Crippen LogP contribution in [0.2, 0.25) is 30.7 Å². The number of ether oxygens (including phenoxy) is 2. The zero-order valence-electron chi connectivity index (χ0n) is 28.1. The van der Waals surface area contributed by atoms with Crippen LogP contribution in [0.15, 0.2) is 27.5 Å². The molecule has 2 bridgehead atoms.